The van der Waals surface area contributed by atoms with Crippen LogP contribution in [-0.4, -0.2) is 37.4 Å². The highest BCUT2D eigenvalue weighted by Gasteiger charge is 2.26. The third-order valence-corrected chi connectivity index (χ3v) is 7.06. The Kier molecular flexibility index (Phi) is 6.64. The normalized spacial score (nSPS) is 16.0. The van der Waals surface area contributed by atoms with Crippen molar-refractivity contribution in [2.75, 3.05) is 13.1 Å². The van der Waals surface area contributed by atoms with Crippen LogP contribution in [0.5, 0.6) is 0 Å². The van der Waals surface area contributed by atoms with E-state index in [0.717, 1.165) is 29.3 Å². The van der Waals surface area contributed by atoms with Gasteiger partial charge >= 0.3 is 0 Å². The third-order valence-electron chi connectivity index (χ3n) is 4.64. The van der Waals surface area contributed by atoms with Crippen molar-refractivity contribution in [3.05, 3.63) is 64.1 Å². The van der Waals surface area contributed by atoms with E-state index in [4.69, 9.17) is 0 Å². The minimum absolute atomic E-state index is 0.135. The van der Waals surface area contributed by atoms with Crippen LogP contribution in [0, 0.1) is 0 Å². The average Bonchev–Trinajstić information content (AvgIpc) is 2.73. The van der Waals surface area contributed by atoms with Crippen molar-refractivity contribution in [1.82, 2.24) is 9.73 Å². The molecule has 0 aliphatic carbocycles. The van der Waals surface area contributed by atoms with E-state index in [1.807, 2.05) is 24.3 Å². The molecular formula is C20H22BrN3O3S. The summed E-state index contributed by atoms with van der Waals surface area (Å²) in [5, 5.41) is 4.12. The second-order valence-corrected chi connectivity index (χ2v) is 9.49. The molecular weight excluding hydrogens is 442 g/mol. The van der Waals surface area contributed by atoms with Crippen molar-refractivity contribution in [2.24, 2.45) is 5.10 Å². The van der Waals surface area contributed by atoms with Crippen LogP contribution in [0.3, 0.4) is 0 Å². The Bertz CT molecular complexity index is 982. The molecule has 0 saturated carbocycles. The van der Waals surface area contributed by atoms with Crippen molar-refractivity contribution in [3.63, 3.8) is 0 Å². The molecule has 2 aromatic rings. The van der Waals surface area contributed by atoms with Crippen LogP contribution in [0.25, 0.3) is 0 Å². The SMILES string of the molecule is CC(=NNC(=O)c1cccc(S(=O)(=O)N2CCCCC2)c1)c1ccc(Br)cc1. The summed E-state index contributed by atoms with van der Waals surface area (Å²) in [5.41, 5.74) is 4.28. The van der Waals surface area contributed by atoms with E-state index >= 15 is 0 Å². The van der Waals surface area contributed by atoms with Gasteiger partial charge in [-0.15, -0.1) is 0 Å². The number of sulfonamides is 1. The maximum absolute atomic E-state index is 12.8. The van der Waals surface area contributed by atoms with Gasteiger partial charge in [-0.1, -0.05) is 40.5 Å². The van der Waals surface area contributed by atoms with Gasteiger partial charge in [-0.2, -0.15) is 9.41 Å². The number of amides is 1. The van der Waals surface area contributed by atoms with Crippen molar-refractivity contribution < 1.29 is 13.2 Å². The molecule has 1 saturated heterocycles. The lowest BCUT2D eigenvalue weighted by atomic mass is 10.1. The molecule has 28 heavy (non-hydrogen) atoms. The van der Waals surface area contributed by atoms with E-state index < -0.39 is 15.9 Å². The van der Waals surface area contributed by atoms with E-state index in [0.29, 0.717) is 18.8 Å². The molecule has 1 aliphatic rings. The van der Waals surface area contributed by atoms with Crippen LogP contribution >= 0.6 is 15.9 Å². The summed E-state index contributed by atoms with van der Waals surface area (Å²) < 4.78 is 28.1. The summed E-state index contributed by atoms with van der Waals surface area (Å²) in [6.45, 7) is 2.84. The smallest absolute Gasteiger partial charge is 0.267 e. The number of nitrogens with one attached hydrogen (secondary N) is 1. The first kappa shape index (κ1) is 20.7. The first-order valence-electron chi connectivity index (χ1n) is 9.09. The van der Waals surface area contributed by atoms with Crippen molar-refractivity contribution in [2.45, 2.75) is 31.1 Å². The Labute approximate surface area is 173 Å². The van der Waals surface area contributed by atoms with Gasteiger partial charge in [-0.25, -0.2) is 13.8 Å². The van der Waals surface area contributed by atoms with E-state index in [2.05, 4.69) is 26.5 Å². The molecule has 0 unspecified atom stereocenters. The summed E-state index contributed by atoms with van der Waals surface area (Å²) in [6.07, 6.45) is 2.77. The number of piperidine rings is 1. The van der Waals surface area contributed by atoms with Crippen LogP contribution in [0.15, 0.2) is 63.0 Å². The number of carbonyl (C=O) groups is 1. The molecule has 1 heterocycles. The third kappa shape index (κ3) is 4.87. The quantitative estimate of drug-likeness (QED) is 0.541. The Morgan fingerprint density at radius 1 is 1.04 bits per heavy atom. The van der Waals surface area contributed by atoms with Crippen molar-refractivity contribution in [3.8, 4) is 0 Å². The number of nitrogens with zero attached hydrogens (tertiary/aromatic N) is 2. The van der Waals surface area contributed by atoms with Gasteiger partial charge in [-0.3, -0.25) is 4.79 Å². The second-order valence-electron chi connectivity index (χ2n) is 6.64. The average molecular weight is 464 g/mol. The van der Waals surface area contributed by atoms with Gasteiger partial charge in [0.05, 0.1) is 10.6 Å². The molecule has 148 valence electrons. The standard InChI is InChI=1S/C20H22BrN3O3S/c1-15(16-8-10-18(21)11-9-16)22-23-20(25)17-6-5-7-19(14-17)28(26,27)24-12-3-2-4-13-24/h5-11,14H,2-4,12-13H2,1H3,(H,23,25). The highest BCUT2D eigenvalue weighted by molar-refractivity contribution is 9.10. The fourth-order valence-electron chi connectivity index (χ4n) is 3.01. The summed E-state index contributed by atoms with van der Waals surface area (Å²) in [4.78, 5) is 12.6. The summed E-state index contributed by atoms with van der Waals surface area (Å²) in [7, 11) is -3.58. The zero-order valence-electron chi connectivity index (χ0n) is 15.6. The molecule has 6 nitrogen and oxygen atoms in total. The number of carbonyl (C=O) groups excluding carboxylic acids is 1. The van der Waals surface area contributed by atoms with Crippen LogP contribution in [0.2, 0.25) is 0 Å². The van der Waals surface area contributed by atoms with Gasteiger partial charge in [0.2, 0.25) is 10.0 Å². The van der Waals surface area contributed by atoms with Gasteiger partial charge in [0.1, 0.15) is 0 Å². The summed E-state index contributed by atoms with van der Waals surface area (Å²) >= 11 is 3.38. The van der Waals surface area contributed by atoms with Gasteiger partial charge in [-0.05, 0) is 55.7 Å². The van der Waals surface area contributed by atoms with Gasteiger partial charge in [0.15, 0.2) is 0 Å². The highest BCUT2D eigenvalue weighted by atomic mass is 79.9. The molecule has 0 atom stereocenters. The molecule has 0 aromatic heterocycles. The lowest BCUT2D eigenvalue weighted by Crippen LogP contribution is -2.35. The number of hydrogen-bond acceptors (Lipinski definition) is 4. The number of rotatable bonds is 5. The monoisotopic (exact) mass is 463 g/mol. The molecule has 1 amide bonds. The highest BCUT2D eigenvalue weighted by Crippen LogP contribution is 2.21. The Morgan fingerprint density at radius 2 is 1.71 bits per heavy atom. The molecule has 0 spiro atoms. The molecule has 0 radical (unpaired) electrons. The molecule has 1 fully saturated rings. The van der Waals surface area contributed by atoms with Crippen LogP contribution < -0.4 is 5.43 Å². The minimum Gasteiger partial charge on any atom is -0.267 e. The lowest BCUT2D eigenvalue weighted by molar-refractivity contribution is 0.0954. The van der Waals surface area contributed by atoms with E-state index in [9.17, 15) is 13.2 Å². The van der Waals surface area contributed by atoms with Crippen LogP contribution in [-0.2, 0) is 10.0 Å². The van der Waals surface area contributed by atoms with Gasteiger partial charge < -0.3 is 0 Å². The van der Waals surface area contributed by atoms with E-state index in [1.54, 1.807) is 19.1 Å². The van der Waals surface area contributed by atoms with Crippen LogP contribution in [0.1, 0.15) is 42.1 Å². The van der Waals surface area contributed by atoms with Crippen molar-refractivity contribution >= 4 is 37.6 Å². The maximum atomic E-state index is 12.8. The molecule has 3 rings (SSSR count). The number of benzene rings is 2. The predicted octanol–water partition coefficient (Wildman–Crippen LogP) is 3.78. The Hall–Kier alpha value is -2.03. The minimum atomic E-state index is -3.58. The molecule has 1 aliphatic heterocycles. The van der Waals surface area contributed by atoms with Gasteiger partial charge in [0.25, 0.3) is 5.91 Å². The second kappa shape index (κ2) is 8.98. The Morgan fingerprint density at radius 3 is 2.39 bits per heavy atom. The molecule has 0 bridgehead atoms. The van der Waals surface area contributed by atoms with E-state index in [-0.39, 0.29) is 10.5 Å². The molecule has 2 aromatic carbocycles. The lowest BCUT2D eigenvalue weighted by Gasteiger charge is -2.25. The van der Waals surface area contributed by atoms with Gasteiger partial charge in [0, 0.05) is 23.1 Å². The largest absolute Gasteiger partial charge is 0.271 e. The maximum Gasteiger partial charge on any atom is 0.271 e. The first-order chi connectivity index (χ1) is 13.4. The fraction of sp³-hybridized carbons (Fsp3) is 0.300. The number of hydrogen-bond donors (Lipinski definition) is 1. The van der Waals surface area contributed by atoms with E-state index in [1.165, 1.54) is 16.4 Å². The zero-order chi connectivity index (χ0) is 20.1. The fourth-order valence-corrected chi connectivity index (χ4v) is 4.83. The first-order valence-corrected chi connectivity index (χ1v) is 11.3. The number of halogens is 1. The predicted molar refractivity (Wildman–Crippen MR) is 113 cm³/mol. The topological polar surface area (TPSA) is 78.8 Å². The summed E-state index contributed by atoms with van der Waals surface area (Å²) in [5.74, 6) is -0.452. The molecule has 1 N–H and O–H groups in total. The Balaban J connectivity index is 1.75. The summed E-state index contributed by atoms with van der Waals surface area (Å²) in [6, 6.07) is 13.7. The van der Waals surface area contributed by atoms with Crippen molar-refractivity contribution in [1.29, 1.82) is 0 Å². The number of hydrazone groups is 1. The molecule has 8 heteroatoms. The zero-order valence-corrected chi connectivity index (χ0v) is 18.0. The van der Waals surface area contributed by atoms with Crippen LogP contribution in [0.4, 0.5) is 0 Å².